The number of amides is 5. The summed E-state index contributed by atoms with van der Waals surface area (Å²) < 4.78 is 16.8. The minimum Gasteiger partial charge on any atom is -0.497 e. The number of aliphatic hydroxyl groups excluding tert-OH is 1. The van der Waals surface area contributed by atoms with Crippen molar-refractivity contribution in [3.05, 3.63) is 29.8 Å². The lowest BCUT2D eigenvalue weighted by atomic mass is 9.92. The number of cyclic esters (lactones) is 2. The van der Waals surface area contributed by atoms with E-state index in [2.05, 4.69) is 21.3 Å². The molecule has 9 atom stereocenters. The van der Waals surface area contributed by atoms with Gasteiger partial charge >= 0.3 is 11.9 Å². The van der Waals surface area contributed by atoms with E-state index in [4.69, 9.17) is 14.2 Å². The molecule has 348 valence electrons. The molecule has 17 nitrogen and oxygen atoms in total. The number of rotatable bonds is 13. The first kappa shape index (κ1) is 51.6. The predicted octanol–water partition coefficient (Wildman–Crippen LogP) is 2.11. The molecular weight excluding hydrogens is 801 g/mol. The Hall–Kier alpha value is -4.77. The maximum atomic E-state index is 14.5. The number of esters is 2. The second kappa shape index (κ2) is 24.2. The van der Waals surface area contributed by atoms with Crippen molar-refractivity contribution in [2.45, 2.75) is 149 Å². The Labute approximate surface area is 367 Å². The number of likely N-dealkylation sites (N-methyl/N-ethyl adjacent to an activating group) is 2. The monoisotopic (exact) mass is 873 g/mol. The SMILES string of the molecule is CC[C@H](C)[C@H]1NC(=O)[C@@H](NC(=O)[C@@H](CC(C)C)NC)COC(=O)[C@H](Cc2ccc(OC)cc2)N(C)C(=O)[C@@H]2CCCN2C(=O)[C@H](CC(C)C)NC(=O)[C@H](C(C)C)OC(=O)C[C@@H]1O. The van der Waals surface area contributed by atoms with Crippen molar-refractivity contribution >= 4 is 41.5 Å². The summed E-state index contributed by atoms with van der Waals surface area (Å²) in [4.78, 5) is 101. The van der Waals surface area contributed by atoms with Gasteiger partial charge in [-0.05, 0) is 74.1 Å². The third-order valence-corrected chi connectivity index (χ3v) is 11.7. The predicted molar refractivity (Wildman–Crippen MR) is 231 cm³/mol. The second-order valence-electron chi connectivity index (χ2n) is 17.9. The molecule has 2 aliphatic rings. The molecule has 0 radical (unpaired) electrons. The fourth-order valence-corrected chi connectivity index (χ4v) is 7.85. The summed E-state index contributed by atoms with van der Waals surface area (Å²) in [6, 6.07) is 0.419. The van der Waals surface area contributed by atoms with E-state index in [1.165, 1.54) is 24.0 Å². The largest absolute Gasteiger partial charge is 0.497 e. The highest BCUT2D eigenvalue weighted by Gasteiger charge is 2.43. The van der Waals surface area contributed by atoms with Crippen LogP contribution in [0.4, 0.5) is 0 Å². The van der Waals surface area contributed by atoms with Gasteiger partial charge in [-0.15, -0.1) is 0 Å². The summed E-state index contributed by atoms with van der Waals surface area (Å²) in [6.07, 6.45) is -1.54. The van der Waals surface area contributed by atoms with Crippen LogP contribution in [-0.2, 0) is 49.5 Å². The molecule has 0 bridgehead atoms. The van der Waals surface area contributed by atoms with Crippen LogP contribution in [0, 0.1) is 23.7 Å². The van der Waals surface area contributed by atoms with Crippen molar-refractivity contribution in [1.82, 2.24) is 31.1 Å². The number of benzene rings is 1. The Morgan fingerprint density at radius 1 is 0.952 bits per heavy atom. The van der Waals surface area contributed by atoms with Crippen LogP contribution in [0.15, 0.2) is 24.3 Å². The van der Waals surface area contributed by atoms with E-state index in [1.807, 2.05) is 34.6 Å². The second-order valence-corrected chi connectivity index (χ2v) is 17.9. The zero-order valence-corrected chi connectivity index (χ0v) is 38.5. The van der Waals surface area contributed by atoms with Gasteiger partial charge in [-0.2, -0.15) is 0 Å². The highest BCUT2D eigenvalue weighted by Crippen LogP contribution is 2.25. The van der Waals surface area contributed by atoms with E-state index in [0.29, 0.717) is 37.0 Å². The number of fused-ring (bicyclic) bond motifs is 1. The lowest BCUT2D eigenvalue weighted by Crippen LogP contribution is -2.59. The third kappa shape index (κ3) is 14.4. The van der Waals surface area contributed by atoms with Crippen LogP contribution >= 0.6 is 0 Å². The van der Waals surface area contributed by atoms with Gasteiger partial charge in [0, 0.05) is 20.0 Å². The van der Waals surface area contributed by atoms with Crippen molar-refractivity contribution in [3.63, 3.8) is 0 Å². The number of nitrogens with zero attached hydrogens (tertiary/aromatic N) is 2. The maximum Gasteiger partial charge on any atom is 0.329 e. The first-order valence-electron chi connectivity index (χ1n) is 22.0. The smallest absolute Gasteiger partial charge is 0.329 e. The molecule has 0 aliphatic carbocycles. The van der Waals surface area contributed by atoms with Crippen LogP contribution in [-0.4, -0.2) is 139 Å². The Bertz CT molecular complexity index is 1690. The van der Waals surface area contributed by atoms with E-state index in [9.17, 15) is 38.7 Å². The van der Waals surface area contributed by atoms with Crippen LogP contribution in [0.25, 0.3) is 0 Å². The third-order valence-electron chi connectivity index (χ3n) is 11.7. The lowest BCUT2D eigenvalue weighted by Gasteiger charge is -2.34. The van der Waals surface area contributed by atoms with Gasteiger partial charge in [-0.1, -0.05) is 73.9 Å². The van der Waals surface area contributed by atoms with E-state index in [0.717, 1.165) is 0 Å². The number of ether oxygens (including phenoxy) is 3. The van der Waals surface area contributed by atoms with Crippen LogP contribution in [0.5, 0.6) is 5.75 Å². The molecule has 5 N–H and O–H groups in total. The number of carbonyl (C=O) groups excluding carboxylic acids is 7. The number of nitrogens with one attached hydrogen (secondary N) is 4. The molecule has 5 amide bonds. The quantitative estimate of drug-likeness (QED) is 0.180. The summed E-state index contributed by atoms with van der Waals surface area (Å²) in [7, 11) is 4.59. The molecule has 2 fully saturated rings. The molecule has 0 unspecified atom stereocenters. The minimum atomic E-state index is -1.49. The highest BCUT2D eigenvalue weighted by molar-refractivity contribution is 5.95. The molecule has 62 heavy (non-hydrogen) atoms. The molecule has 0 saturated carbocycles. The lowest BCUT2D eigenvalue weighted by molar-refractivity contribution is -0.161. The van der Waals surface area contributed by atoms with Crippen molar-refractivity contribution in [1.29, 1.82) is 0 Å². The molecule has 0 spiro atoms. The van der Waals surface area contributed by atoms with Crippen LogP contribution in [0.2, 0.25) is 0 Å². The molecule has 2 aliphatic heterocycles. The summed E-state index contributed by atoms with van der Waals surface area (Å²) >= 11 is 0. The Morgan fingerprint density at radius 3 is 2.18 bits per heavy atom. The fraction of sp³-hybridized carbons (Fsp3) is 0.711. The van der Waals surface area contributed by atoms with E-state index >= 15 is 0 Å². The molecule has 1 aromatic rings. The van der Waals surface area contributed by atoms with E-state index < -0.39 is 115 Å². The van der Waals surface area contributed by atoms with Crippen LogP contribution in [0.1, 0.15) is 99.5 Å². The summed E-state index contributed by atoms with van der Waals surface area (Å²) in [5.74, 6) is -5.14. The van der Waals surface area contributed by atoms with Crippen molar-refractivity contribution < 1.29 is 52.9 Å². The number of carbonyl (C=O) groups is 7. The van der Waals surface area contributed by atoms with Crippen molar-refractivity contribution in [3.8, 4) is 5.75 Å². The highest BCUT2D eigenvalue weighted by atomic mass is 16.6. The Kier molecular flexibility index (Phi) is 20.1. The van der Waals surface area contributed by atoms with Crippen LogP contribution < -0.4 is 26.0 Å². The maximum absolute atomic E-state index is 14.5. The molecule has 2 saturated heterocycles. The standard InChI is InChI=1S/C45H72N6O11/c1-12-28(8)38-36(52)23-37(53)62-39(27(6)7)42(56)47-32(21-26(4)5)43(57)51-19-13-14-34(51)44(58)50(10)35(22-29-15-17-30(60-11)18-16-29)45(59)61-24-33(41(55)49-38)48-40(54)31(46-9)20-25(2)3/h15-18,25-28,31-36,38-39,46,52H,12-14,19-24H2,1-11H3,(H,47,56)(H,48,54)(H,49,55)/t28-,31+,32-,33-,34-,35-,36-,38+,39-/m0/s1. The number of aliphatic hydroxyl groups is 1. The number of hydrogen-bond donors (Lipinski definition) is 5. The van der Waals surface area contributed by atoms with Gasteiger partial charge in [0.25, 0.3) is 5.91 Å². The molecule has 0 aromatic heterocycles. The summed E-state index contributed by atoms with van der Waals surface area (Å²) in [5.41, 5.74) is 0.659. The zero-order chi connectivity index (χ0) is 46.4. The van der Waals surface area contributed by atoms with E-state index in [1.54, 1.807) is 52.1 Å². The minimum absolute atomic E-state index is 0.00982. The van der Waals surface area contributed by atoms with Gasteiger partial charge in [0.1, 0.15) is 36.5 Å². The zero-order valence-electron chi connectivity index (χ0n) is 38.5. The molecule has 1 aromatic carbocycles. The van der Waals surface area contributed by atoms with Crippen molar-refractivity contribution in [2.75, 3.05) is 34.4 Å². The number of methoxy groups -OCH3 is 1. The van der Waals surface area contributed by atoms with Gasteiger partial charge in [0.2, 0.25) is 23.6 Å². The summed E-state index contributed by atoms with van der Waals surface area (Å²) in [5, 5.41) is 22.8. The Balaban J connectivity index is 2.17. The molecular formula is C45H72N6O11. The Morgan fingerprint density at radius 2 is 1.61 bits per heavy atom. The first-order valence-corrected chi connectivity index (χ1v) is 22.0. The van der Waals surface area contributed by atoms with E-state index in [-0.39, 0.29) is 31.2 Å². The molecule has 17 heteroatoms. The molecule has 3 rings (SSSR count). The first-order chi connectivity index (χ1) is 29.2. The van der Waals surface area contributed by atoms with Crippen LogP contribution in [0.3, 0.4) is 0 Å². The average Bonchev–Trinajstić information content (AvgIpc) is 3.72. The topological polar surface area (TPSA) is 222 Å². The van der Waals surface area contributed by atoms with Crippen molar-refractivity contribution in [2.24, 2.45) is 23.7 Å². The number of hydrogen-bond acceptors (Lipinski definition) is 12. The normalized spacial score (nSPS) is 26.3. The van der Waals surface area contributed by atoms with Gasteiger partial charge in [-0.25, -0.2) is 4.79 Å². The van der Waals surface area contributed by atoms with Gasteiger partial charge in [0.05, 0.1) is 31.7 Å². The van der Waals surface area contributed by atoms with Gasteiger partial charge < -0.3 is 50.4 Å². The summed E-state index contributed by atoms with van der Waals surface area (Å²) in [6.45, 7) is 14.2. The average molecular weight is 873 g/mol. The molecule has 2 heterocycles. The van der Waals surface area contributed by atoms with Gasteiger partial charge in [0.15, 0.2) is 6.10 Å². The van der Waals surface area contributed by atoms with Gasteiger partial charge in [-0.3, -0.25) is 28.8 Å². The fourth-order valence-electron chi connectivity index (χ4n) is 7.85.